The first-order valence-electron chi connectivity index (χ1n) is 6.38. The molecule has 1 aliphatic carbocycles. The first-order valence-corrected chi connectivity index (χ1v) is 6.38. The molecule has 0 bridgehead atoms. The molecule has 1 aliphatic heterocycles. The largest absolute Gasteiger partial charge is 0.396 e. The number of hydrogen-bond donors (Lipinski definition) is 1. The van der Waals surface area contributed by atoms with Crippen LogP contribution in [-0.4, -0.2) is 24.3 Å². The van der Waals surface area contributed by atoms with Crippen LogP contribution in [0.1, 0.15) is 30.4 Å². The number of anilines is 1. The number of hydrogen-bond acceptors (Lipinski definition) is 2. The Kier molecular flexibility index (Phi) is 2.60. The van der Waals surface area contributed by atoms with E-state index in [-0.39, 0.29) is 6.61 Å². The van der Waals surface area contributed by atoms with E-state index in [1.807, 2.05) is 0 Å². The summed E-state index contributed by atoms with van der Waals surface area (Å²) in [5.74, 6) is 0. The van der Waals surface area contributed by atoms with Crippen molar-refractivity contribution in [1.82, 2.24) is 0 Å². The summed E-state index contributed by atoms with van der Waals surface area (Å²) in [5.41, 5.74) is 4.21. The number of benzene rings is 1. The van der Waals surface area contributed by atoms with Gasteiger partial charge in [-0.3, -0.25) is 0 Å². The van der Waals surface area contributed by atoms with E-state index in [2.05, 4.69) is 23.1 Å². The fourth-order valence-corrected chi connectivity index (χ4v) is 2.84. The predicted octanol–water partition coefficient (Wildman–Crippen LogP) is 2.14. The summed E-state index contributed by atoms with van der Waals surface area (Å²) in [6.07, 6.45) is 6.12. The lowest BCUT2D eigenvalue weighted by Gasteiger charge is -2.36. The number of aliphatic hydroxyl groups excluding tert-OH is 1. The van der Waals surface area contributed by atoms with E-state index in [4.69, 9.17) is 5.11 Å². The molecule has 0 radical (unpaired) electrons. The molecule has 0 atom stereocenters. The lowest BCUT2D eigenvalue weighted by molar-refractivity contribution is 0.299. The highest BCUT2D eigenvalue weighted by molar-refractivity contribution is 5.60. The molecule has 1 N–H and O–H groups in total. The molecular formula is C14H19NO. The first-order chi connectivity index (χ1) is 7.88. The Morgan fingerprint density at radius 2 is 2.19 bits per heavy atom. The van der Waals surface area contributed by atoms with E-state index in [9.17, 15) is 0 Å². The van der Waals surface area contributed by atoms with Gasteiger partial charge >= 0.3 is 0 Å². The third-order valence-corrected chi connectivity index (χ3v) is 3.99. The molecule has 16 heavy (non-hydrogen) atoms. The second-order valence-corrected chi connectivity index (χ2v) is 4.96. The van der Waals surface area contributed by atoms with Crippen LogP contribution in [0.15, 0.2) is 18.2 Å². The van der Waals surface area contributed by atoms with Crippen molar-refractivity contribution in [2.75, 3.05) is 18.1 Å². The van der Waals surface area contributed by atoms with Crippen LogP contribution in [0.25, 0.3) is 0 Å². The standard InChI is InChI=1S/C14H19NO/c16-9-7-11-4-5-14-12(10-11)6-8-15(14)13-2-1-3-13/h4-5,10,13,16H,1-3,6-9H2. The molecular weight excluding hydrogens is 198 g/mol. The van der Waals surface area contributed by atoms with Gasteiger partial charge in [0.05, 0.1) is 0 Å². The minimum Gasteiger partial charge on any atom is -0.396 e. The summed E-state index contributed by atoms with van der Waals surface area (Å²) in [6.45, 7) is 1.45. The predicted molar refractivity (Wildman–Crippen MR) is 65.9 cm³/mol. The lowest BCUT2D eigenvalue weighted by atomic mass is 9.91. The Balaban J connectivity index is 1.83. The van der Waals surface area contributed by atoms with Crippen LogP contribution in [0.2, 0.25) is 0 Å². The van der Waals surface area contributed by atoms with Crippen molar-refractivity contribution in [3.63, 3.8) is 0 Å². The average molecular weight is 217 g/mol. The molecule has 1 saturated carbocycles. The SMILES string of the molecule is OCCc1ccc2c(c1)CCN2C1CCC1. The highest BCUT2D eigenvalue weighted by Crippen LogP contribution is 2.36. The summed E-state index contributed by atoms with van der Waals surface area (Å²) in [5, 5.41) is 8.95. The molecule has 1 aromatic rings. The quantitative estimate of drug-likeness (QED) is 0.838. The zero-order valence-electron chi connectivity index (χ0n) is 9.65. The molecule has 2 heteroatoms. The van der Waals surface area contributed by atoms with Crippen LogP contribution in [0.5, 0.6) is 0 Å². The Morgan fingerprint density at radius 3 is 2.88 bits per heavy atom. The first kappa shape index (κ1) is 10.2. The molecule has 1 heterocycles. The van der Waals surface area contributed by atoms with Crippen molar-refractivity contribution in [3.8, 4) is 0 Å². The topological polar surface area (TPSA) is 23.5 Å². The molecule has 1 aromatic carbocycles. The maximum Gasteiger partial charge on any atom is 0.0471 e. The minimum atomic E-state index is 0.255. The van der Waals surface area contributed by atoms with Crippen LogP contribution < -0.4 is 4.90 Å². The van der Waals surface area contributed by atoms with Crippen LogP contribution in [0, 0.1) is 0 Å². The molecule has 0 amide bonds. The molecule has 1 fully saturated rings. The van der Waals surface area contributed by atoms with E-state index in [0.717, 1.165) is 12.5 Å². The Morgan fingerprint density at radius 1 is 1.31 bits per heavy atom. The molecule has 2 aliphatic rings. The van der Waals surface area contributed by atoms with Crippen LogP contribution in [-0.2, 0) is 12.8 Å². The summed E-state index contributed by atoms with van der Waals surface area (Å²) >= 11 is 0. The second-order valence-electron chi connectivity index (χ2n) is 4.96. The van der Waals surface area contributed by atoms with Gasteiger partial charge in [0.15, 0.2) is 0 Å². The van der Waals surface area contributed by atoms with E-state index in [1.54, 1.807) is 0 Å². The molecule has 86 valence electrons. The third kappa shape index (κ3) is 1.61. The van der Waals surface area contributed by atoms with Crippen molar-refractivity contribution in [2.24, 2.45) is 0 Å². The van der Waals surface area contributed by atoms with Crippen LogP contribution >= 0.6 is 0 Å². The van der Waals surface area contributed by atoms with Gasteiger partial charge in [-0.05, 0) is 49.3 Å². The van der Waals surface area contributed by atoms with Crippen LogP contribution in [0.3, 0.4) is 0 Å². The van der Waals surface area contributed by atoms with Gasteiger partial charge in [0.2, 0.25) is 0 Å². The van der Waals surface area contributed by atoms with Gasteiger partial charge < -0.3 is 10.0 Å². The van der Waals surface area contributed by atoms with Crippen molar-refractivity contribution < 1.29 is 5.11 Å². The number of nitrogens with zero attached hydrogens (tertiary/aromatic N) is 1. The van der Waals surface area contributed by atoms with Crippen molar-refractivity contribution in [3.05, 3.63) is 29.3 Å². The van der Waals surface area contributed by atoms with E-state index < -0.39 is 0 Å². The molecule has 3 rings (SSSR count). The van der Waals surface area contributed by atoms with Gasteiger partial charge in [-0.1, -0.05) is 12.1 Å². The lowest BCUT2D eigenvalue weighted by Crippen LogP contribution is -2.38. The fraction of sp³-hybridized carbons (Fsp3) is 0.571. The van der Waals surface area contributed by atoms with Gasteiger partial charge in [0.1, 0.15) is 0 Å². The second kappa shape index (κ2) is 4.10. The third-order valence-electron chi connectivity index (χ3n) is 3.99. The molecule has 0 aromatic heterocycles. The zero-order chi connectivity index (χ0) is 11.0. The minimum absolute atomic E-state index is 0.255. The van der Waals surface area contributed by atoms with Crippen molar-refractivity contribution >= 4 is 5.69 Å². The average Bonchev–Trinajstić information content (AvgIpc) is 2.60. The normalized spacial score (nSPS) is 19.7. The Hall–Kier alpha value is -1.02. The molecule has 0 unspecified atom stereocenters. The smallest absolute Gasteiger partial charge is 0.0471 e. The van der Waals surface area contributed by atoms with E-state index >= 15 is 0 Å². The van der Waals surface area contributed by atoms with E-state index in [0.29, 0.717) is 0 Å². The van der Waals surface area contributed by atoms with E-state index in [1.165, 1.54) is 49.0 Å². The van der Waals surface area contributed by atoms with Gasteiger partial charge in [0.25, 0.3) is 0 Å². The Bertz CT molecular complexity index is 384. The fourth-order valence-electron chi connectivity index (χ4n) is 2.84. The molecule has 0 spiro atoms. The summed E-state index contributed by atoms with van der Waals surface area (Å²) in [7, 11) is 0. The Labute approximate surface area is 96.9 Å². The number of fused-ring (bicyclic) bond motifs is 1. The maximum absolute atomic E-state index is 8.95. The summed E-state index contributed by atoms with van der Waals surface area (Å²) in [6, 6.07) is 7.52. The molecule has 2 nitrogen and oxygen atoms in total. The van der Waals surface area contributed by atoms with Gasteiger partial charge in [0, 0.05) is 24.9 Å². The number of rotatable bonds is 3. The summed E-state index contributed by atoms with van der Waals surface area (Å²) < 4.78 is 0. The monoisotopic (exact) mass is 217 g/mol. The van der Waals surface area contributed by atoms with Gasteiger partial charge in [-0.25, -0.2) is 0 Å². The highest BCUT2D eigenvalue weighted by atomic mass is 16.2. The van der Waals surface area contributed by atoms with Crippen molar-refractivity contribution in [1.29, 1.82) is 0 Å². The summed E-state index contributed by atoms with van der Waals surface area (Å²) in [4.78, 5) is 2.58. The maximum atomic E-state index is 8.95. The van der Waals surface area contributed by atoms with Gasteiger partial charge in [-0.15, -0.1) is 0 Å². The van der Waals surface area contributed by atoms with Crippen LogP contribution in [0.4, 0.5) is 5.69 Å². The number of aliphatic hydroxyl groups is 1. The zero-order valence-corrected chi connectivity index (χ0v) is 9.65. The van der Waals surface area contributed by atoms with Gasteiger partial charge in [-0.2, -0.15) is 0 Å². The van der Waals surface area contributed by atoms with Crippen molar-refractivity contribution in [2.45, 2.75) is 38.1 Å². The highest BCUT2D eigenvalue weighted by Gasteiger charge is 2.29. The molecule has 0 saturated heterocycles.